The average Bonchev–Trinajstić information content (AvgIpc) is 2.45. The molecule has 0 saturated heterocycles. The zero-order valence-electron chi connectivity index (χ0n) is 11.2. The number of hydrogen-bond acceptors (Lipinski definition) is 4. The fourth-order valence-electron chi connectivity index (χ4n) is 1.62. The van der Waals surface area contributed by atoms with Crippen LogP contribution >= 0.6 is 0 Å². The van der Waals surface area contributed by atoms with Crippen LogP contribution in [-0.4, -0.2) is 36.4 Å². The number of hydrogen-bond donors (Lipinski definition) is 2. The van der Waals surface area contributed by atoms with E-state index in [1.165, 1.54) is 6.07 Å². The van der Waals surface area contributed by atoms with Crippen LogP contribution in [0.2, 0.25) is 0 Å². The Hall–Kier alpha value is -2.08. The molecule has 1 aromatic carbocycles. The molecule has 0 heterocycles. The molecule has 6 nitrogen and oxygen atoms in total. The van der Waals surface area contributed by atoms with Crippen molar-refractivity contribution in [3.8, 4) is 5.75 Å². The first kappa shape index (κ1) is 15.0. The lowest BCUT2D eigenvalue weighted by molar-refractivity contribution is -0.132. The summed E-state index contributed by atoms with van der Waals surface area (Å²) >= 11 is 0. The van der Waals surface area contributed by atoms with Crippen molar-refractivity contribution in [2.75, 3.05) is 19.7 Å². The van der Waals surface area contributed by atoms with E-state index in [4.69, 9.17) is 10.6 Å². The first-order chi connectivity index (χ1) is 9.12. The molecule has 0 bridgehead atoms. The van der Waals surface area contributed by atoms with Crippen LogP contribution in [0.15, 0.2) is 24.3 Å². The number of likely N-dealkylation sites (N-methyl/N-ethyl adjacent to an activating group) is 1. The number of benzene rings is 1. The normalized spacial score (nSPS) is 9.84. The SMILES string of the molecule is CCN(CC)C(=O)COc1cccc(C(=O)NN)c1. The Balaban J connectivity index is 2.63. The molecule has 0 atom stereocenters. The van der Waals surface area contributed by atoms with Gasteiger partial charge < -0.3 is 9.64 Å². The van der Waals surface area contributed by atoms with Gasteiger partial charge in [0.2, 0.25) is 0 Å². The van der Waals surface area contributed by atoms with Gasteiger partial charge in [0.25, 0.3) is 11.8 Å². The second kappa shape index (κ2) is 7.38. The van der Waals surface area contributed by atoms with E-state index in [0.717, 1.165) is 0 Å². The minimum Gasteiger partial charge on any atom is -0.484 e. The maximum absolute atomic E-state index is 11.8. The van der Waals surface area contributed by atoms with Crippen LogP contribution in [0.4, 0.5) is 0 Å². The van der Waals surface area contributed by atoms with Crippen LogP contribution in [0.25, 0.3) is 0 Å². The largest absolute Gasteiger partial charge is 0.484 e. The van der Waals surface area contributed by atoms with Crippen LogP contribution in [0.5, 0.6) is 5.75 Å². The van der Waals surface area contributed by atoms with Gasteiger partial charge in [-0.1, -0.05) is 6.07 Å². The van der Waals surface area contributed by atoms with E-state index in [0.29, 0.717) is 24.4 Å². The van der Waals surface area contributed by atoms with Gasteiger partial charge in [0.15, 0.2) is 6.61 Å². The van der Waals surface area contributed by atoms with Crippen LogP contribution in [-0.2, 0) is 4.79 Å². The Kier molecular flexibility index (Phi) is 5.81. The lowest BCUT2D eigenvalue weighted by Gasteiger charge is -2.18. The summed E-state index contributed by atoms with van der Waals surface area (Å²) in [6.07, 6.45) is 0. The predicted molar refractivity (Wildman–Crippen MR) is 71.5 cm³/mol. The molecule has 1 aromatic rings. The topological polar surface area (TPSA) is 84.7 Å². The summed E-state index contributed by atoms with van der Waals surface area (Å²) in [5.74, 6) is 5.02. The highest BCUT2D eigenvalue weighted by Gasteiger charge is 2.11. The number of carbonyl (C=O) groups is 2. The molecule has 104 valence electrons. The minimum absolute atomic E-state index is 0.0463. The summed E-state index contributed by atoms with van der Waals surface area (Å²) in [6, 6.07) is 6.50. The number of ether oxygens (including phenoxy) is 1. The Morgan fingerprint density at radius 1 is 1.32 bits per heavy atom. The van der Waals surface area contributed by atoms with Gasteiger partial charge in [0.05, 0.1) is 0 Å². The average molecular weight is 265 g/mol. The summed E-state index contributed by atoms with van der Waals surface area (Å²) in [4.78, 5) is 24.8. The van der Waals surface area contributed by atoms with Crippen LogP contribution < -0.4 is 16.0 Å². The van der Waals surface area contributed by atoms with Crippen molar-refractivity contribution in [1.29, 1.82) is 0 Å². The number of nitrogen functional groups attached to an aromatic ring is 1. The summed E-state index contributed by atoms with van der Waals surface area (Å²) in [6.45, 7) is 5.07. The third kappa shape index (κ3) is 4.26. The third-order valence-corrected chi connectivity index (χ3v) is 2.71. The summed E-state index contributed by atoms with van der Waals surface area (Å²) in [5, 5.41) is 0. The standard InChI is InChI=1S/C13H19N3O3/c1-3-16(4-2)12(17)9-19-11-7-5-6-10(8-11)13(18)15-14/h5-8H,3-4,9,14H2,1-2H3,(H,15,18). The predicted octanol–water partition coefficient (Wildman–Crippen LogP) is 0.537. The van der Waals surface area contributed by atoms with Crippen LogP contribution in [0.3, 0.4) is 0 Å². The zero-order chi connectivity index (χ0) is 14.3. The Morgan fingerprint density at radius 3 is 2.58 bits per heavy atom. The third-order valence-electron chi connectivity index (χ3n) is 2.71. The van der Waals surface area contributed by atoms with E-state index < -0.39 is 5.91 Å². The smallest absolute Gasteiger partial charge is 0.265 e. The number of amides is 2. The molecule has 6 heteroatoms. The lowest BCUT2D eigenvalue weighted by Crippen LogP contribution is -2.34. The van der Waals surface area contributed by atoms with E-state index >= 15 is 0 Å². The molecule has 19 heavy (non-hydrogen) atoms. The number of nitrogens with two attached hydrogens (primary N) is 1. The monoisotopic (exact) mass is 265 g/mol. The first-order valence-corrected chi connectivity index (χ1v) is 6.13. The van der Waals surface area contributed by atoms with Gasteiger partial charge in [-0.25, -0.2) is 5.84 Å². The van der Waals surface area contributed by atoms with Crippen LogP contribution in [0, 0.1) is 0 Å². The molecule has 0 radical (unpaired) electrons. The van der Waals surface area contributed by atoms with Gasteiger partial charge >= 0.3 is 0 Å². The van der Waals surface area contributed by atoms with Crippen molar-refractivity contribution < 1.29 is 14.3 Å². The first-order valence-electron chi connectivity index (χ1n) is 6.13. The quantitative estimate of drug-likeness (QED) is 0.446. The van der Waals surface area contributed by atoms with Crippen molar-refractivity contribution in [1.82, 2.24) is 10.3 Å². The molecule has 0 aromatic heterocycles. The van der Waals surface area contributed by atoms with Gasteiger partial charge in [-0.15, -0.1) is 0 Å². The summed E-state index contributed by atoms with van der Waals surface area (Å²) in [7, 11) is 0. The van der Waals surface area contributed by atoms with Gasteiger partial charge in [-0.3, -0.25) is 15.0 Å². The fraction of sp³-hybridized carbons (Fsp3) is 0.385. The van der Waals surface area contributed by atoms with E-state index in [1.54, 1.807) is 23.1 Å². The molecule has 0 aliphatic carbocycles. The Morgan fingerprint density at radius 2 is 2.00 bits per heavy atom. The highest BCUT2D eigenvalue weighted by molar-refractivity contribution is 5.94. The molecule has 0 aliphatic rings. The number of nitrogens with zero attached hydrogens (tertiary/aromatic N) is 1. The van der Waals surface area contributed by atoms with E-state index in [9.17, 15) is 9.59 Å². The van der Waals surface area contributed by atoms with Gasteiger partial charge in [0.1, 0.15) is 5.75 Å². The number of nitrogens with one attached hydrogen (secondary N) is 1. The number of hydrazine groups is 1. The van der Waals surface area contributed by atoms with Gasteiger partial charge in [0, 0.05) is 18.7 Å². The molecular formula is C13H19N3O3. The highest BCUT2D eigenvalue weighted by atomic mass is 16.5. The highest BCUT2D eigenvalue weighted by Crippen LogP contribution is 2.13. The van der Waals surface area contributed by atoms with Crippen molar-refractivity contribution in [2.45, 2.75) is 13.8 Å². The fourth-order valence-corrected chi connectivity index (χ4v) is 1.62. The number of carbonyl (C=O) groups excluding carboxylic acids is 2. The molecule has 0 unspecified atom stereocenters. The van der Waals surface area contributed by atoms with Gasteiger partial charge in [-0.05, 0) is 32.0 Å². The zero-order valence-corrected chi connectivity index (χ0v) is 11.2. The molecular weight excluding hydrogens is 246 g/mol. The molecule has 1 rings (SSSR count). The number of rotatable bonds is 6. The van der Waals surface area contributed by atoms with Crippen LogP contribution in [0.1, 0.15) is 24.2 Å². The molecule has 3 N–H and O–H groups in total. The maximum atomic E-state index is 11.8. The van der Waals surface area contributed by atoms with Crippen molar-refractivity contribution >= 4 is 11.8 Å². The second-order valence-corrected chi connectivity index (χ2v) is 3.86. The van der Waals surface area contributed by atoms with Crippen molar-refractivity contribution in [2.24, 2.45) is 5.84 Å². The van der Waals surface area contributed by atoms with Crippen molar-refractivity contribution in [3.05, 3.63) is 29.8 Å². The van der Waals surface area contributed by atoms with Crippen molar-refractivity contribution in [3.63, 3.8) is 0 Å². The lowest BCUT2D eigenvalue weighted by atomic mass is 10.2. The summed E-state index contributed by atoms with van der Waals surface area (Å²) in [5.41, 5.74) is 2.42. The molecule has 2 amide bonds. The molecule has 0 saturated carbocycles. The molecule has 0 aliphatic heterocycles. The second-order valence-electron chi connectivity index (χ2n) is 3.86. The summed E-state index contributed by atoms with van der Waals surface area (Å²) < 4.78 is 5.38. The van der Waals surface area contributed by atoms with E-state index in [2.05, 4.69) is 0 Å². The van der Waals surface area contributed by atoms with E-state index in [1.807, 2.05) is 19.3 Å². The molecule has 0 spiro atoms. The Bertz CT molecular complexity index is 445. The maximum Gasteiger partial charge on any atom is 0.265 e. The molecule has 0 fully saturated rings. The van der Waals surface area contributed by atoms with E-state index in [-0.39, 0.29) is 12.5 Å². The van der Waals surface area contributed by atoms with Gasteiger partial charge in [-0.2, -0.15) is 0 Å². The Labute approximate surface area is 112 Å². The minimum atomic E-state index is -0.402.